The number of carbonyl (C=O) groups is 1. The van der Waals surface area contributed by atoms with Crippen molar-refractivity contribution in [2.45, 2.75) is 5.92 Å². The van der Waals surface area contributed by atoms with E-state index in [4.69, 9.17) is 0 Å². The molecule has 0 aliphatic carbocycles. The second kappa shape index (κ2) is 5.30. The molecule has 0 spiro atoms. The van der Waals surface area contributed by atoms with Crippen molar-refractivity contribution in [3.63, 3.8) is 0 Å². The molecule has 0 fully saturated rings. The first-order valence-corrected chi connectivity index (χ1v) is 5.38. The minimum absolute atomic E-state index is 0.345. The zero-order valence-electron chi connectivity index (χ0n) is 9.37. The summed E-state index contributed by atoms with van der Waals surface area (Å²) in [4.78, 5) is 11.8. The molecule has 0 heterocycles. The van der Waals surface area contributed by atoms with Gasteiger partial charge in [0.15, 0.2) is 0 Å². The van der Waals surface area contributed by atoms with Crippen LogP contribution < -0.4 is 0 Å². The zero-order valence-corrected chi connectivity index (χ0v) is 9.37. The summed E-state index contributed by atoms with van der Waals surface area (Å²) in [7, 11) is 3.21. The summed E-state index contributed by atoms with van der Waals surface area (Å²) in [6.07, 6.45) is 0. The highest BCUT2D eigenvalue weighted by molar-refractivity contribution is 5.82. The minimum atomic E-state index is -0.408. The fourth-order valence-electron chi connectivity index (χ4n) is 1.84. The van der Waals surface area contributed by atoms with Gasteiger partial charge in [0.25, 0.3) is 0 Å². The van der Waals surface area contributed by atoms with Gasteiger partial charge in [0.2, 0.25) is 0 Å². The van der Waals surface area contributed by atoms with Gasteiger partial charge >= 0.3 is 5.97 Å². The van der Waals surface area contributed by atoms with E-state index >= 15 is 0 Å². The molecule has 2 aromatic carbocycles. The van der Waals surface area contributed by atoms with Gasteiger partial charge in [-0.2, -0.15) is 0 Å². The molecule has 0 saturated heterocycles. The fraction of sp³-hybridized carbons (Fsp3) is 0.0667. The molecule has 2 heteroatoms. The van der Waals surface area contributed by atoms with E-state index in [-0.39, 0.29) is 5.97 Å². The zero-order chi connectivity index (χ0) is 12.1. The Kier molecular flexibility index (Phi) is 3.55. The monoisotopic (exact) mass is 225 g/mol. The predicted octanol–water partition coefficient (Wildman–Crippen LogP) is 3.15. The topological polar surface area (TPSA) is 26.3 Å². The summed E-state index contributed by atoms with van der Waals surface area (Å²) in [5.41, 5.74) is 1.82. The van der Waals surface area contributed by atoms with Gasteiger partial charge in [0.1, 0.15) is 13.0 Å². The molecular weight excluding hydrogens is 212 g/mol. The molecule has 85 valence electrons. The molecule has 0 aliphatic rings. The maximum absolute atomic E-state index is 11.8. The van der Waals surface area contributed by atoms with Gasteiger partial charge in [-0.15, -0.1) is 0 Å². The Morgan fingerprint density at radius 1 is 0.882 bits per heavy atom. The molecule has 0 bridgehead atoms. The number of benzene rings is 2. The summed E-state index contributed by atoms with van der Waals surface area (Å²) in [6, 6.07) is 19.1. The Balaban J connectivity index is 2.43. The Hall–Kier alpha value is -2.09. The van der Waals surface area contributed by atoms with Crippen molar-refractivity contribution in [3.05, 3.63) is 78.9 Å². The molecule has 0 amide bonds. The molecule has 17 heavy (non-hydrogen) atoms. The van der Waals surface area contributed by atoms with Crippen molar-refractivity contribution >= 4 is 5.97 Å². The second-order valence-electron chi connectivity index (χ2n) is 3.72. The van der Waals surface area contributed by atoms with Crippen molar-refractivity contribution < 1.29 is 9.53 Å². The van der Waals surface area contributed by atoms with Crippen LogP contribution in [0.1, 0.15) is 17.0 Å². The highest BCUT2D eigenvalue weighted by Crippen LogP contribution is 2.25. The average Bonchev–Trinajstić information content (AvgIpc) is 2.41. The molecule has 0 unspecified atom stereocenters. The number of esters is 1. The van der Waals surface area contributed by atoms with Crippen LogP contribution in [0, 0.1) is 7.11 Å². The Morgan fingerprint density at radius 3 is 1.65 bits per heavy atom. The summed E-state index contributed by atoms with van der Waals surface area (Å²) < 4.78 is 4.63. The van der Waals surface area contributed by atoms with Crippen LogP contribution in [-0.4, -0.2) is 5.97 Å². The van der Waals surface area contributed by atoms with Gasteiger partial charge in [-0.05, 0) is 11.1 Å². The average molecular weight is 225 g/mol. The molecule has 0 atom stereocenters. The number of rotatable bonds is 3. The molecule has 0 aromatic heterocycles. The van der Waals surface area contributed by atoms with Gasteiger partial charge in [-0.1, -0.05) is 60.7 Å². The number of hydrogen-bond donors (Lipinski definition) is 0. The van der Waals surface area contributed by atoms with Crippen molar-refractivity contribution in [1.29, 1.82) is 0 Å². The van der Waals surface area contributed by atoms with E-state index in [1.807, 2.05) is 60.7 Å². The molecule has 2 aromatic rings. The summed E-state index contributed by atoms with van der Waals surface area (Å²) in [5, 5.41) is 0. The van der Waals surface area contributed by atoms with Gasteiger partial charge < -0.3 is 4.74 Å². The Labute approximate surface area is 101 Å². The number of ether oxygens (including phenoxy) is 1. The SMILES string of the molecule is [CH2]OC(=O)C(c1ccccc1)c1ccccc1. The van der Waals surface area contributed by atoms with Crippen molar-refractivity contribution in [1.82, 2.24) is 0 Å². The summed E-state index contributed by atoms with van der Waals surface area (Å²) in [6.45, 7) is 0. The lowest BCUT2D eigenvalue weighted by Gasteiger charge is -2.15. The van der Waals surface area contributed by atoms with Crippen molar-refractivity contribution in [2.24, 2.45) is 0 Å². The quantitative estimate of drug-likeness (QED) is 0.750. The predicted molar refractivity (Wildman–Crippen MR) is 66.2 cm³/mol. The first-order chi connectivity index (χ1) is 8.33. The van der Waals surface area contributed by atoms with E-state index in [1.54, 1.807) is 0 Å². The van der Waals surface area contributed by atoms with Crippen LogP contribution in [0.25, 0.3) is 0 Å². The summed E-state index contributed by atoms with van der Waals surface area (Å²) >= 11 is 0. The van der Waals surface area contributed by atoms with Gasteiger partial charge in [0, 0.05) is 0 Å². The maximum atomic E-state index is 11.8. The van der Waals surface area contributed by atoms with Crippen LogP contribution in [0.3, 0.4) is 0 Å². The van der Waals surface area contributed by atoms with E-state index in [9.17, 15) is 4.79 Å². The summed E-state index contributed by atoms with van der Waals surface area (Å²) in [5.74, 6) is -0.753. The van der Waals surface area contributed by atoms with Crippen LogP contribution in [0.5, 0.6) is 0 Å². The van der Waals surface area contributed by atoms with Crippen molar-refractivity contribution in [3.8, 4) is 0 Å². The van der Waals surface area contributed by atoms with E-state index in [1.165, 1.54) is 0 Å². The van der Waals surface area contributed by atoms with E-state index in [0.717, 1.165) is 11.1 Å². The fourth-order valence-corrected chi connectivity index (χ4v) is 1.84. The Morgan fingerprint density at radius 2 is 1.29 bits per heavy atom. The third-order valence-electron chi connectivity index (χ3n) is 2.64. The molecule has 2 rings (SSSR count). The van der Waals surface area contributed by atoms with Crippen LogP contribution in [0.2, 0.25) is 0 Å². The molecule has 0 aliphatic heterocycles. The molecule has 2 nitrogen and oxygen atoms in total. The van der Waals surface area contributed by atoms with Crippen molar-refractivity contribution in [2.75, 3.05) is 0 Å². The van der Waals surface area contributed by atoms with Crippen LogP contribution in [0.15, 0.2) is 60.7 Å². The van der Waals surface area contributed by atoms with E-state index in [2.05, 4.69) is 11.8 Å². The number of carbonyl (C=O) groups excluding carboxylic acids is 1. The van der Waals surface area contributed by atoms with Gasteiger partial charge in [-0.3, -0.25) is 4.79 Å². The molecule has 1 radical (unpaired) electrons. The maximum Gasteiger partial charge on any atom is 0.318 e. The first kappa shape index (κ1) is 11.4. The van der Waals surface area contributed by atoms with Gasteiger partial charge in [-0.25, -0.2) is 0 Å². The highest BCUT2D eigenvalue weighted by atomic mass is 16.5. The smallest absolute Gasteiger partial charge is 0.318 e. The molecular formula is C15H13O2. The minimum Gasteiger partial charge on any atom is -0.461 e. The van der Waals surface area contributed by atoms with Gasteiger partial charge in [0.05, 0.1) is 0 Å². The Bertz CT molecular complexity index is 437. The normalized spacial score (nSPS) is 10.2. The molecule has 0 N–H and O–H groups in total. The van der Waals surface area contributed by atoms with Crippen LogP contribution >= 0.6 is 0 Å². The lowest BCUT2D eigenvalue weighted by molar-refractivity contribution is -0.139. The molecule has 0 saturated carbocycles. The lowest BCUT2D eigenvalue weighted by atomic mass is 9.91. The third kappa shape index (κ3) is 2.53. The van der Waals surface area contributed by atoms with E-state index < -0.39 is 5.92 Å². The number of hydrogen-bond acceptors (Lipinski definition) is 2. The van der Waals surface area contributed by atoms with Crippen LogP contribution in [0.4, 0.5) is 0 Å². The highest BCUT2D eigenvalue weighted by Gasteiger charge is 2.22. The second-order valence-corrected chi connectivity index (χ2v) is 3.72. The van der Waals surface area contributed by atoms with Crippen LogP contribution in [-0.2, 0) is 9.53 Å². The van der Waals surface area contributed by atoms with E-state index in [0.29, 0.717) is 0 Å². The lowest BCUT2D eigenvalue weighted by Crippen LogP contribution is -2.14. The largest absolute Gasteiger partial charge is 0.461 e. The first-order valence-electron chi connectivity index (χ1n) is 5.38. The third-order valence-corrected chi connectivity index (χ3v) is 2.64. The standard InChI is InChI=1S/C15H13O2/c1-17-15(16)14(12-8-4-2-5-9-12)13-10-6-3-7-11-13/h2-11,14H,1H2.